The summed E-state index contributed by atoms with van der Waals surface area (Å²) in [5.74, 6) is 0.178. The minimum absolute atomic E-state index is 0.204. The Balaban J connectivity index is 2.26. The number of benzene rings is 2. The number of hydrogen-bond donors (Lipinski definition) is 1. The van der Waals surface area contributed by atoms with Crippen molar-refractivity contribution in [3.05, 3.63) is 69.4 Å². The van der Waals surface area contributed by atoms with Crippen molar-refractivity contribution in [3.8, 4) is 0 Å². The monoisotopic (exact) mass is 349 g/mol. The SMILES string of the molecule is CCNCC(Cc1ccc(F)cc1Br)c1ccccc1C. The van der Waals surface area contributed by atoms with E-state index in [-0.39, 0.29) is 5.82 Å². The van der Waals surface area contributed by atoms with Crippen LogP contribution in [0.2, 0.25) is 0 Å². The molecule has 2 rings (SSSR count). The van der Waals surface area contributed by atoms with Crippen molar-refractivity contribution in [2.24, 2.45) is 0 Å². The Hall–Kier alpha value is -1.19. The largest absolute Gasteiger partial charge is 0.316 e. The smallest absolute Gasteiger partial charge is 0.124 e. The second kappa shape index (κ2) is 7.71. The summed E-state index contributed by atoms with van der Waals surface area (Å²) in [6.45, 7) is 6.13. The average molecular weight is 350 g/mol. The van der Waals surface area contributed by atoms with E-state index in [0.29, 0.717) is 5.92 Å². The fraction of sp³-hybridized carbons (Fsp3) is 0.333. The molecule has 0 saturated carbocycles. The van der Waals surface area contributed by atoms with E-state index in [1.807, 2.05) is 6.07 Å². The molecular formula is C18H21BrFN. The highest BCUT2D eigenvalue weighted by Gasteiger charge is 2.15. The molecule has 3 heteroatoms. The minimum Gasteiger partial charge on any atom is -0.316 e. The van der Waals surface area contributed by atoms with Crippen LogP contribution in [0, 0.1) is 12.7 Å². The maximum atomic E-state index is 13.2. The molecule has 0 heterocycles. The van der Waals surface area contributed by atoms with Crippen LogP contribution in [0.25, 0.3) is 0 Å². The maximum Gasteiger partial charge on any atom is 0.124 e. The first-order valence-corrected chi connectivity index (χ1v) is 8.11. The van der Waals surface area contributed by atoms with Gasteiger partial charge in [0.25, 0.3) is 0 Å². The van der Waals surface area contributed by atoms with Crippen molar-refractivity contribution in [3.63, 3.8) is 0 Å². The van der Waals surface area contributed by atoms with Gasteiger partial charge < -0.3 is 5.32 Å². The van der Waals surface area contributed by atoms with Crippen molar-refractivity contribution in [1.82, 2.24) is 5.32 Å². The predicted octanol–water partition coefficient (Wildman–Crippen LogP) is 4.83. The fourth-order valence-electron chi connectivity index (χ4n) is 2.61. The zero-order valence-electron chi connectivity index (χ0n) is 12.5. The van der Waals surface area contributed by atoms with Crippen LogP contribution >= 0.6 is 15.9 Å². The molecule has 0 bridgehead atoms. The van der Waals surface area contributed by atoms with Crippen LogP contribution in [0.1, 0.15) is 29.5 Å². The Morgan fingerprint density at radius 3 is 2.62 bits per heavy atom. The van der Waals surface area contributed by atoms with E-state index in [4.69, 9.17) is 0 Å². The third kappa shape index (κ3) is 4.39. The molecule has 1 unspecified atom stereocenters. The van der Waals surface area contributed by atoms with E-state index < -0.39 is 0 Å². The summed E-state index contributed by atoms with van der Waals surface area (Å²) in [6.07, 6.45) is 0.888. The van der Waals surface area contributed by atoms with Crippen LogP contribution in [0.3, 0.4) is 0 Å². The van der Waals surface area contributed by atoms with E-state index >= 15 is 0 Å². The van der Waals surface area contributed by atoms with E-state index in [9.17, 15) is 4.39 Å². The van der Waals surface area contributed by atoms with E-state index in [1.54, 1.807) is 0 Å². The van der Waals surface area contributed by atoms with E-state index in [1.165, 1.54) is 23.3 Å². The van der Waals surface area contributed by atoms with Crippen molar-refractivity contribution in [2.45, 2.75) is 26.2 Å². The van der Waals surface area contributed by atoms with Gasteiger partial charge in [0.05, 0.1) is 0 Å². The first-order valence-electron chi connectivity index (χ1n) is 7.32. The van der Waals surface area contributed by atoms with E-state index in [2.05, 4.69) is 59.4 Å². The van der Waals surface area contributed by atoms with Gasteiger partial charge in [-0.25, -0.2) is 4.39 Å². The number of nitrogens with one attached hydrogen (secondary N) is 1. The van der Waals surface area contributed by atoms with Crippen LogP contribution < -0.4 is 5.32 Å². The van der Waals surface area contributed by atoms with Crippen LogP contribution in [0.4, 0.5) is 4.39 Å². The van der Waals surface area contributed by atoms with E-state index in [0.717, 1.165) is 29.5 Å². The van der Waals surface area contributed by atoms with Gasteiger partial charge in [0, 0.05) is 16.9 Å². The summed E-state index contributed by atoms with van der Waals surface area (Å²) in [4.78, 5) is 0. The fourth-order valence-corrected chi connectivity index (χ4v) is 3.12. The summed E-state index contributed by atoms with van der Waals surface area (Å²) in [5.41, 5.74) is 3.80. The average Bonchev–Trinajstić information content (AvgIpc) is 2.46. The molecule has 0 saturated heterocycles. The summed E-state index contributed by atoms with van der Waals surface area (Å²) < 4.78 is 14.1. The first kappa shape index (κ1) is 16.2. The Morgan fingerprint density at radius 1 is 1.19 bits per heavy atom. The lowest BCUT2D eigenvalue weighted by Crippen LogP contribution is -2.23. The second-order valence-electron chi connectivity index (χ2n) is 5.30. The Morgan fingerprint density at radius 2 is 1.95 bits per heavy atom. The van der Waals surface area contributed by atoms with Crippen LogP contribution in [-0.4, -0.2) is 13.1 Å². The van der Waals surface area contributed by atoms with Gasteiger partial charge in [-0.3, -0.25) is 0 Å². The molecule has 0 aromatic heterocycles. The molecule has 2 aromatic rings. The molecular weight excluding hydrogens is 329 g/mol. The number of halogens is 2. The summed E-state index contributed by atoms with van der Waals surface area (Å²) in [7, 11) is 0. The molecule has 2 aromatic carbocycles. The standard InChI is InChI=1S/C18H21BrFN/c1-3-21-12-15(17-7-5-4-6-13(17)2)10-14-8-9-16(20)11-18(14)19/h4-9,11,15,21H,3,10,12H2,1-2H3. The minimum atomic E-state index is -0.204. The molecule has 21 heavy (non-hydrogen) atoms. The third-order valence-corrected chi connectivity index (χ3v) is 4.49. The highest BCUT2D eigenvalue weighted by atomic mass is 79.9. The molecule has 1 atom stereocenters. The van der Waals surface area contributed by atoms with Crippen LogP contribution in [0.15, 0.2) is 46.9 Å². The summed E-state index contributed by atoms with van der Waals surface area (Å²) >= 11 is 3.47. The van der Waals surface area contributed by atoms with Crippen molar-refractivity contribution in [2.75, 3.05) is 13.1 Å². The van der Waals surface area contributed by atoms with Gasteiger partial charge >= 0.3 is 0 Å². The van der Waals surface area contributed by atoms with Gasteiger partial charge in [-0.1, -0.05) is 53.2 Å². The Kier molecular flexibility index (Phi) is 5.95. The van der Waals surface area contributed by atoms with Crippen LogP contribution in [0.5, 0.6) is 0 Å². The van der Waals surface area contributed by atoms with Gasteiger partial charge in [-0.2, -0.15) is 0 Å². The van der Waals surface area contributed by atoms with Crippen LogP contribution in [-0.2, 0) is 6.42 Å². The van der Waals surface area contributed by atoms with Gasteiger partial charge in [0.15, 0.2) is 0 Å². The van der Waals surface area contributed by atoms with Crippen molar-refractivity contribution < 1.29 is 4.39 Å². The lowest BCUT2D eigenvalue weighted by Gasteiger charge is -2.20. The summed E-state index contributed by atoms with van der Waals surface area (Å²) in [6, 6.07) is 13.4. The van der Waals surface area contributed by atoms with Gasteiger partial charge in [0.2, 0.25) is 0 Å². The molecule has 0 aliphatic carbocycles. The normalized spacial score (nSPS) is 12.4. The molecule has 0 radical (unpaired) electrons. The molecule has 0 amide bonds. The molecule has 0 fully saturated rings. The lowest BCUT2D eigenvalue weighted by atomic mass is 9.89. The zero-order valence-corrected chi connectivity index (χ0v) is 14.1. The van der Waals surface area contributed by atoms with Crippen molar-refractivity contribution in [1.29, 1.82) is 0 Å². The molecule has 112 valence electrons. The molecule has 1 nitrogen and oxygen atoms in total. The third-order valence-electron chi connectivity index (χ3n) is 3.75. The highest BCUT2D eigenvalue weighted by molar-refractivity contribution is 9.10. The Bertz CT molecular complexity index is 598. The molecule has 1 N–H and O–H groups in total. The van der Waals surface area contributed by atoms with Gasteiger partial charge in [-0.15, -0.1) is 0 Å². The van der Waals surface area contributed by atoms with Gasteiger partial charge in [-0.05, 0) is 48.7 Å². The number of aryl methyl sites for hydroxylation is 1. The zero-order chi connectivity index (χ0) is 15.2. The molecule has 0 aliphatic heterocycles. The molecule has 0 aliphatic rings. The Labute approximate surface area is 134 Å². The van der Waals surface area contributed by atoms with Gasteiger partial charge in [0.1, 0.15) is 5.82 Å². The van der Waals surface area contributed by atoms with Crippen molar-refractivity contribution >= 4 is 15.9 Å². The first-order chi connectivity index (χ1) is 10.1. The topological polar surface area (TPSA) is 12.0 Å². The molecule has 0 spiro atoms. The second-order valence-corrected chi connectivity index (χ2v) is 6.16. The summed E-state index contributed by atoms with van der Waals surface area (Å²) in [5, 5.41) is 3.44. The lowest BCUT2D eigenvalue weighted by molar-refractivity contribution is 0.589. The number of hydrogen-bond acceptors (Lipinski definition) is 1. The maximum absolute atomic E-state index is 13.2. The highest BCUT2D eigenvalue weighted by Crippen LogP contribution is 2.27. The number of rotatable bonds is 6. The quantitative estimate of drug-likeness (QED) is 0.787. The predicted molar refractivity (Wildman–Crippen MR) is 90.3 cm³/mol. The number of likely N-dealkylation sites (N-methyl/N-ethyl adjacent to an activating group) is 1.